The Balaban J connectivity index is 0.000000105. The van der Waals surface area contributed by atoms with Crippen molar-refractivity contribution in [3.63, 3.8) is 0 Å². The molecule has 25 nitrogen and oxygen atoms in total. The predicted octanol–water partition coefficient (Wildman–Crippen LogP) is 14.8. The third-order valence-electron chi connectivity index (χ3n) is 29.2. The molecule has 9 saturated heterocycles. The summed E-state index contributed by atoms with van der Waals surface area (Å²) >= 11 is 0. The largest absolute Gasteiger partial charge is 0.355 e. The van der Waals surface area contributed by atoms with Gasteiger partial charge in [-0.1, -0.05) is 48.5 Å². The smallest absolute Gasteiger partial charge is 0.138 e. The Morgan fingerprint density at radius 2 is 0.656 bits per heavy atom. The van der Waals surface area contributed by atoms with E-state index in [9.17, 15) is 4.79 Å². The van der Waals surface area contributed by atoms with Crippen LogP contribution in [0.4, 0.5) is 23.3 Å². The fourth-order valence-corrected chi connectivity index (χ4v) is 22.1. The Morgan fingerprint density at radius 3 is 1.10 bits per heavy atom. The molecule has 4 N–H and O–H groups in total. The van der Waals surface area contributed by atoms with Crippen LogP contribution in [0.25, 0.3) is 22.6 Å². The highest BCUT2D eigenvalue weighted by Crippen LogP contribution is 2.42. The van der Waals surface area contributed by atoms with Crippen LogP contribution >= 0.6 is 0 Å². The van der Waals surface area contributed by atoms with Gasteiger partial charge in [-0.15, -0.1) is 0 Å². The highest BCUT2D eigenvalue weighted by molar-refractivity contribution is 5.81. The van der Waals surface area contributed by atoms with Crippen molar-refractivity contribution < 1.29 is 4.79 Å². The Labute approximate surface area is 736 Å². The minimum absolute atomic E-state index is 0.0700. The molecule has 2 saturated carbocycles. The van der Waals surface area contributed by atoms with Gasteiger partial charge in [0.15, 0.2) is 0 Å². The molecule has 0 amide bonds. The van der Waals surface area contributed by atoms with Gasteiger partial charge >= 0.3 is 0 Å². The van der Waals surface area contributed by atoms with E-state index in [1.54, 1.807) is 6.20 Å². The average Bonchev–Trinajstić information content (AvgIpc) is 1.63. The van der Waals surface area contributed by atoms with Crippen molar-refractivity contribution >= 4 is 51.6 Å². The van der Waals surface area contributed by atoms with E-state index in [1.165, 1.54) is 177 Å². The van der Waals surface area contributed by atoms with Crippen LogP contribution in [0.5, 0.6) is 0 Å². The van der Waals surface area contributed by atoms with Gasteiger partial charge in [-0.3, -0.25) is 62.3 Å². The molecular formula is C100H128N24O. The van der Waals surface area contributed by atoms with Crippen molar-refractivity contribution in [1.82, 2.24) is 98.3 Å². The maximum absolute atomic E-state index is 12.6. The highest BCUT2D eigenvalue weighted by atomic mass is 16.1. The molecule has 23 rings (SSSR count). The van der Waals surface area contributed by atoms with Crippen molar-refractivity contribution in [2.45, 2.75) is 217 Å². The number of fused-ring (bicyclic) bond motifs is 5. The molecule has 0 radical (unpaired) electrons. The van der Waals surface area contributed by atoms with E-state index in [2.05, 4.69) is 227 Å². The fourth-order valence-electron chi connectivity index (χ4n) is 22.1. The summed E-state index contributed by atoms with van der Waals surface area (Å²) in [5, 5.41) is 15.3. The number of nitrogens with one attached hydrogen (secondary N) is 4. The van der Waals surface area contributed by atoms with Crippen LogP contribution in [0.2, 0.25) is 0 Å². The molecule has 9 aliphatic heterocycles. The Morgan fingerprint density at radius 1 is 0.304 bits per heavy atom. The summed E-state index contributed by atoms with van der Waals surface area (Å²) < 4.78 is 9.26. The summed E-state index contributed by atoms with van der Waals surface area (Å²) in [6.45, 7) is 31.0. The van der Waals surface area contributed by atoms with Crippen LogP contribution in [-0.2, 0) is 4.79 Å². The summed E-state index contributed by atoms with van der Waals surface area (Å²) in [6, 6.07) is 46.6. The van der Waals surface area contributed by atoms with Gasteiger partial charge in [-0.25, -0.2) is 19.9 Å². The Bertz CT molecular complexity index is 5760. The number of carbonyl (C=O) groups is 1. The fraction of sp³-hybridized carbons (Fsp3) is 0.510. The van der Waals surface area contributed by atoms with Gasteiger partial charge in [0.2, 0.25) is 0 Å². The zero-order chi connectivity index (χ0) is 84.8. The first-order chi connectivity index (χ1) is 61.2. The molecule has 0 spiro atoms. The minimum Gasteiger partial charge on any atom is -0.355 e. The number of piperidine rings is 4. The number of aryl methyl sites for hydroxylation is 6. The molecule has 654 valence electrons. The number of Topliss-reactive ketones (excluding diaryl/α,β-unsaturated/α-hetero) is 1. The quantitative estimate of drug-likeness (QED) is 0.0797. The molecule has 12 aromatic heterocycles. The molecule has 0 bridgehead atoms. The number of rotatable bonds is 14. The van der Waals surface area contributed by atoms with E-state index in [-0.39, 0.29) is 36.0 Å². The summed E-state index contributed by atoms with van der Waals surface area (Å²) in [7, 11) is 2.17. The third-order valence-corrected chi connectivity index (χ3v) is 29.2. The third kappa shape index (κ3) is 17.8. The lowest BCUT2D eigenvalue weighted by molar-refractivity contribution is -0.121. The molecular weight excluding hydrogens is 1550 g/mol. The highest BCUT2D eigenvalue weighted by Gasteiger charge is 2.39. The standard InChI is InChI=1S/2C26H34N6.C25H32N6.C23H28N6O/c1-18-7-5-13-27-25(18)21-9-3-10-22(28-21)26-19(2)32-23(29-26)11-4-12-24(32)31-16-15-30-14-6-8-20(30)17-31;1-18-6-5-13-27-25(18)21-7-3-8-22(28-21)26-19(2)32-23(29-26)9-4-10-24(32)31-16-14-30(15-17-31)20-11-12-20;1-18-5-4-12-26-25(18)21-7-2-6-20(27-21)22-17-31-23(28-22)8-3-9-24(31)30-15-13-29(14-16-30)19-10-11-19;1-16-5-4-8-24-23(16)19-14-17(30)13-18(25-19)20-15-29-21(26-20)6-3-7-22(29)28-11-9-27(2)10-12-28/h4-5,7,11-13,20-22,28H,3,6,8-10,14-17H2,1-2H3;4-6,9-10,13,20-22,28H,3,7-8,11-12,14-17H2,1-2H3;3-5,8-9,12,17,19-21,27H,2,6-7,10-11,13-16H2,1H3;3-8,15,18-19,25H,9-14H2,1-2H3/t20?,21-,22+;21-,22+;20-,21+;18-,19+/m0011/s1. The second kappa shape index (κ2) is 36.7. The van der Waals surface area contributed by atoms with E-state index in [4.69, 9.17) is 29.9 Å². The van der Waals surface area contributed by atoms with Crippen LogP contribution in [0.3, 0.4) is 0 Å². The van der Waals surface area contributed by atoms with Crippen LogP contribution in [0, 0.1) is 41.5 Å². The van der Waals surface area contributed by atoms with Gasteiger partial charge in [0.1, 0.15) is 51.6 Å². The number of hydrogen-bond acceptors (Lipinski definition) is 21. The summed E-state index contributed by atoms with van der Waals surface area (Å²) in [5.74, 6) is 5.30. The van der Waals surface area contributed by atoms with Crippen molar-refractivity contribution in [3.05, 3.63) is 238 Å². The first-order valence-corrected chi connectivity index (χ1v) is 47.3. The van der Waals surface area contributed by atoms with Gasteiger partial charge in [0.25, 0.3) is 0 Å². The second-order valence-electron chi connectivity index (χ2n) is 37.6. The monoisotopic (exact) mass is 1680 g/mol. The molecule has 9 atom stereocenters. The number of hydrogen-bond donors (Lipinski definition) is 4. The van der Waals surface area contributed by atoms with E-state index in [1.807, 2.05) is 61.9 Å². The molecule has 2 aliphatic carbocycles. The molecule has 21 heterocycles. The van der Waals surface area contributed by atoms with Crippen molar-refractivity contribution in [2.24, 2.45) is 0 Å². The van der Waals surface area contributed by atoms with Crippen LogP contribution in [0.1, 0.15) is 237 Å². The topological polar surface area (TPSA) is 212 Å². The number of imidazole rings is 4. The van der Waals surface area contributed by atoms with Gasteiger partial charge < -0.3 is 40.4 Å². The zero-order valence-electron chi connectivity index (χ0n) is 74.5. The lowest BCUT2D eigenvalue weighted by atomic mass is 9.92. The molecule has 12 aromatic rings. The molecule has 125 heavy (non-hydrogen) atoms. The summed E-state index contributed by atoms with van der Waals surface area (Å²) in [6.07, 6.45) is 31.5. The number of likely N-dealkylation sites (N-methyl/N-ethyl adjacent to an activating group) is 1. The van der Waals surface area contributed by atoms with Crippen molar-refractivity contribution in [3.8, 4) is 0 Å². The van der Waals surface area contributed by atoms with Crippen LogP contribution < -0.4 is 40.9 Å². The zero-order valence-corrected chi connectivity index (χ0v) is 74.5. The first kappa shape index (κ1) is 83.1. The van der Waals surface area contributed by atoms with Gasteiger partial charge in [0, 0.05) is 178 Å². The molecule has 0 aromatic carbocycles. The maximum atomic E-state index is 12.6. The Kier molecular flexibility index (Phi) is 24.4. The predicted molar refractivity (Wildman–Crippen MR) is 497 cm³/mol. The van der Waals surface area contributed by atoms with Crippen LogP contribution in [-0.4, -0.2) is 213 Å². The summed E-state index contributed by atoms with van der Waals surface area (Å²) in [5.41, 5.74) is 20.6. The van der Waals surface area contributed by atoms with E-state index in [0.29, 0.717) is 37.0 Å². The lowest BCUT2D eigenvalue weighted by Gasteiger charge is -2.39. The van der Waals surface area contributed by atoms with E-state index >= 15 is 0 Å². The molecule has 11 fully saturated rings. The Hall–Kier alpha value is -10.1. The van der Waals surface area contributed by atoms with Crippen molar-refractivity contribution in [2.75, 3.05) is 131 Å². The van der Waals surface area contributed by atoms with E-state index < -0.39 is 0 Å². The number of pyridine rings is 8. The maximum Gasteiger partial charge on any atom is 0.138 e. The lowest BCUT2D eigenvalue weighted by Crippen LogP contribution is -2.50. The number of anilines is 4. The number of aromatic nitrogens is 12. The van der Waals surface area contributed by atoms with Gasteiger partial charge in [-0.05, 0) is 246 Å². The number of carbonyl (C=O) groups excluding carboxylic acids is 1. The van der Waals surface area contributed by atoms with E-state index in [0.717, 1.165) is 161 Å². The number of ketones is 1. The summed E-state index contributed by atoms with van der Waals surface area (Å²) in [4.78, 5) is 71.9. The SMILES string of the molecule is Cc1cccnc1[C@@H]1CC(=O)C[C@H](c2cn3c(N4CCN(C)CC4)cccc3n2)N1.Cc1cccnc1[C@@H]1CCC[C@H](c2cn3c(N4CCN(C5CC5)CC4)cccc3n2)N1.Cc1cccnc1[C@@H]1CCC[C@H](c2nc3cccc(N4CCN(C5CC5)CC4)n3c2C)N1.Cc1cccnc1[C@@H]1CCC[C@H](c2nc3cccc(N4CCN5CCCC5C4)n3c2C)N1. The molecule has 25 heteroatoms. The normalized spacial score (nSPS) is 25.0. The van der Waals surface area contributed by atoms with Crippen molar-refractivity contribution in [1.29, 1.82) is 0 Å². The molecule has 1 unspecified atom stereocenters. The number of nitrogens with zero attached hydrogens (tertiary/aromatic N) is 20. The average molecular weight is 1680 g/mol. The van der Waals surface area contributed by atoms with Gasteiger partial charge in [-0.2, -0.15) is 0 Å². The second-order valence-corrected chi connectivity index (χ2v) is 37.6. The number of piperazine rings is 4. The first-order valence-electron chi connectivity index (χ1n) is 47.3. The van der Waals surface area contributed by atoms with Crippen LogP contribution in [0.15, 0.2) is 159 Å². The van der Waals surface area contributed by atoms with Gasteiger partial charge in [0.05, 0.1) is 93.9 Å². The molecule has 11 aliphatic rings. The minimum atomic E-state index is -0.0992.